The summed E-state index contributed by atoms with van der Waals surface area (Å²) in [6.07, 6.45) is -0.426. The quantitative estimate of drug-likeness (QED) is 0.307. The molecule has 0 unspecified atom stereocenters. The Bertz CT molecular complexity index is 2030. The summed E-state index contributed by atoms with van der Waals surface area (Å²) >= 11 is 6.11. The third-order valence-electron chi connectivity index (χ3n) is 9.23. The zero-order valence-electron chi connectivity index (χ0n) is 26.5. The fraction of sp³-hybridized carbons (Fsp3) is 0.406. The molecule has 3 aromatic heterocycles. The highest BCUT2D eigenvalue weighted by molar-refractivity contribution is 6.33. The highest BCUT2D eigenvalue weighted by atomic mass is 35.5. The molecule has 1 spiro atoms. The van der Waals surface area contributed by atoms with Gasteiger partial charge in [0.2, 0.25) is 11.3 Å². The van der Waals surface area contributed by atoms with Gasteiger partial charge in [0.05, 0.1) is 28.2 Å². The van der Waals surface area contributed by atoms with E-state index >= 15 is 0 Å². The summed E-state index contributed by atoms with van der Waals surface area (Å²) in [5, 5.41) is 12.7. The number of pyridine rings is 1. The van der Waals surface area contributed by atoms with Gasteiger partial charge in [-0.15, -0.1) is 0 Å². The van der Waals surface area contributed by atoms with Gasteiger partial charge in [-0.1, -0.05) is 18.5 Å². The van der Waals surface area contributed by atoms with Crippen molar-refractivity contribution in [2.45, 2.75) is 57.2 Å². The first kappa shape index (κ1) is 33.1. The molecule has 6 rings (SSSR count). The number of anilines is 2. The van der Waals surface area contributed by atoms with E-state index in [4.69, 9.17) is 11.6 Å². The lowest BCUT2D eigenvalue weighted by molar-refractivity contribution is -0.137. The Labute approximate surface area is 277 Å². The number of benzene rings is 1. The molecule has 2 aliphatic rings. The number of nitrogens with zero attached hydrogens (tertiary/aromatic N) is 7. The smallest absolute Gasteiger partial charge is 0.416 e. The van der Waals surface area contributed by atoms with Crippen LogP contribution in [-0.4, -0.2) is 73.5 Å². The maximum absolute atomic E-state index is 14.3. The van der Waals surface area contributed by atoms with Gasteiger partial charge >= 0.3 is 6.18 Å². The van der Waals surface area contributed by atoms with Crippen molar-refractivity contribution in [2.24, 2.45) is 0 Å². The SMILES string of the molecule is Cc1ncnc(C(=O)N2CCC3(CC2)C[C@@H](C)c2c3c(=O)c3nc(N(C)C)cnc3n2CC(=O)Nc2ccc(C(F)(F)F)cc2Cl)c1O. The second-order valence-corrected chi connectivity index (χ2v) is 13.0. The molecule has 16 heteroatoms. The van der Waals surface area contributed by atoms with Crippen LogP contribution in [0.4, 0.5) is 24.7 Å². The van der Waals surface area contributed by atoms with Crippen LogP contribution in [0.5, 0.6) is 5.75 Å². The molecule has 4 heterocycles. The van der Waals surface area contributed by atoms with Gasteiger partial charge in [-0.25, -0.2) is 19.9 Å². The second kappa shape index (κ2) is 12.0. The van der Waals surface area contributed by atoms with E-state index in [1.165, 1.54) is 12.5 Å². The average Bonchev–Trinajstić information content (AvgIpc) is 3.31. The first-order chi connectivity index (χ1) is 22.6. The van der Waals surface area contributed by atoms with Crippen molar-refractivity contribution in [3.05, 3.63) is 74.2 Å². The monoisotopic (exact) mass is 684 g/mol. The predicted molar refractivity (Wildman–Crippen MR) is 171 cm³/mol. The molecule has 0 saturated carbocycles. The highest BCUT2D eigenvalue weighted by Crippen LogP contribution is 2.51. The highest BCUT2D eigenvalue weighted by Gasteiger charge is 2.49. The Morgan fingerprint density at radius 2 is 1.88 bits per heavy atom. The molecule has 1 aliphatic heterocycles. The molecule has 1 fully saturated rings. The van der Waals surface area contributed by atoms with Crippen molar-refractivity contribution >= 4 is 46.1 Å². The van der Waals surface area contributed by atoms with Crippen LogP contribution in [-0.2, 0) is 22.9 Å². The lowest BCUT2D eigenvalue weighted by Crippen LogP contribution is -2.46. The molecule has 0 bridgehead atoms. The number of rotatable bonds is 5. The van der Waals surface area contributed by atoms with E-state index in [1.54, 1.807) is 35.4 Å². The molecule has 1 aliphatic carbocycles. The molecular formula is C32H32ClF3N8O4. The van der Waals surface area contributed by atoms with Crippen molar-refractivity contribution in [1.82, 2.24) is 29.4 Å². The number of nitrogens with one attached hydrogen (secondary N) is 1. The average molecular weight is 685 g/mol. The number of hydrogen-bond acceptors (Lipinski definition) is 9. The van der Waals surface area contributed by atoms with Crippen LogP contribution >= 0.6 is 11.6 Å². The number of likely N-dealkylation sites (tertiary alicyclic amines) is 1. The molecule has 0 radical (unpaired) electrons. The van der Waals surface area contributed by atoms with Crippen LogP contribution in [0.2, 0.25) is 5.02 Å². The Hall–Kier alpha value is -4.79. The number of aromatic hydroxyl groups is 1. The molecule has 2 N–H and O–H groups in total. The van der Waals surface area contributed by atoms with Gasteiger partial charge in [-0.2, -0.15) is 13.2 Å². The van der Waals surface area contributed by atoms with Crippen LogP contribution in [0, 0.1) is 6.92 Å². The van der Waals surface area contributed by atoms with Gasteiger partial charge in [0.15, 0.2) is 22.6 Å². The zero-order chi connectivity index (χ0) is 34.7. The first-order valence-electron chi connectivity index (χ1n) is 15.2. The number of hydrogen-bond donors (Lipinski definition) is 2. The standard InChI is InChI=1S/C32H32ClF3N8O4/c1-16-12-31(7-9-43(10-8-31)30(48)25-27(46)17(2)38-15-39-25)23-26(16)44(29-24(28(23)47)41-21(13-37-29)42(3)4)14-22(45)40-20-6-5-18(11-19(20)33)32(34,35)36/h5-6,11,13,15-16,46H,7-10,12,14H2,1-4H3,(H,40,45)/t16-/m1/s1. The van der Waals surface area contributed by atoms with Gasteiger partial charge < -0.3 is 24.8 Å². The number of halogens is 4. The van der Waals surface area contributed by atoms with Crippen LogP contribution < -0.4 is 15.6 Å². The van der Waals surface area contributed by atoms with Crippen molar-refractivity contribution in [2.75, 3.05) is 37.4 Å². The Morgan fingerprint density at radius 3 is 2.52 bits per heavy atom. The first-order valence-corrected chi connectivity index (χ1v) is 15.6. The van der Waals surface area contributed by atoms with Crippen LogP contribution in [0.25, 0.3) is 11.2 Å². The van der Waals surface area contributed by atoms with Gasteiger partial charge in [0.25, 0.3) is 5.91 Å². The lowest BCUT2D eigenvalue weighted by atomic mass is 9.73. The van der Waals surface area contributed by atoms with E-state index < -0.39 is 29.0 Å². The number of alkyl halides is 3. The maximum atomic E-state index is 14.3. The van der Waals surface area contributed by atoms with Crippen molar-refractivity contribution in [1.29, 1.82) is 0 Å². The fourth-order valence-electron chi connectivity index (χ4n) is 6.88. The fourth-order valence-corrected chi connectivity index (χ4v) is 7.11. The number of piperidine rings is 1. The zero-order valence-corrected chi connectivity index (χ0v) is 27.3. The number of amides is 2. The van der Waals surface area contributed by atoms with E-state index in [9.17, 15) is 32.7 Å². The molecule has 4 aromatic rings. The Morgan fingerprint density at radius 1 is 1.17 bits per heavy atom. The Balaban J connectivity index is 1.38. The topological polar surface area (TPSA) is 146 Å². The van der Waals surface area contributed by atoms with Crippen LogP contribution in [0.3, 0.4) is 0 Å². The molecule has 2 amide bonds. The molecule has 1 saturated heterocycles. The summed E-state index contributed by atoms with van der Waals surface area (Å²) in [7, 11) is 3.52. The van der Waals surface area contributed by atoms with E-state index in [1.807, 2.05) is 6.92 Å². The molecule has 1 aromatic carbocycles. The predicted octanol–water partition coefficient (Wildman–Crippen LogP) is 4.65. The third kappa shape index (κ3) is 5.69. The molecular weight excluding hydrogens is 653 g/mol. The second-order valence-electron chi connectivity index (χ2n) is 12.5. The normalized spacial score (nSPS) is 17.1. The molecule has 48 heavy (non-hydrogen) atoms. The summed E-state index contributed by atoms with van der Waals surface area (Å²) in [4.78, 5) is 61.5. The summed E-state index contributed by atoms with van der Waals surface area (Å²) in [6, 6.07) is 2.67. The Kier molecular flexibility index (Phi) is 8.30. The minimum absolute atomic E-state index is 0.00381. The molecule has 252 valence electrons. The summed E-state index contributed by atoms with van der Waals surface area (Å²) < 4.78 is 41.2. The van der Waals surface area contributed by atoms with Crippen molar-refractivity contribution < 1.29 is 27.9 Å². The van der Waals surface area contributed by atoms with E-state index in [0.29, 0.717) is 49.4 Å². The number of aromatic nitrogens is 5. The number of fused-ring (bicyclic) bond motifs is 3. The molecule has 1 atom stereocenters. The van der Waals surface area contributed by atoms with E-state index in [-0.39, 0.29) is 56.9 Å². The van der Waals surface area contributed by atoms with Crippen LogP contribution in [0.15, 0.2) is 35.5 Å². The largest absolute Gasteiger partial charge is 0.504 e. The third-order valence-corrected chi connectivity index (χ3v) is 9.54. The maximum Gasteiger partial charge on any atom is 0.416 e. The summed E-state index contributed by atoms with van der Waals surface area (Å²) in [5.74, 6) is -1.05. The van der Waals surface area contributed by atoms with Gasteiger partial charge in [0.1, 0.15) is 18.7 Å². The van der Waals surface area contributed by atoms with E-state index in [0.717, 1.165) is 18.2 Å². The van der Waals surface area contributed by atoms with Gasteiger partial charge in [-0.3, -0.25) is 14.4 Å². The van der Waals surface area contributed by atoms with Crippen molar-refractivity contribution in [3.63, 3.8) is 0 Å². The van der Waals surface area contributed by atoms with Gasteiger partial charge in [0, 0.05) is 43.9 Å². The number of carbonyl (C=O) groups is 2. The summed E-state index contributed by atoms with van der Waals surface area (Å²) in [5.41, 5.74) is -0.261. The number of carbonyl (C=O) groups excluding carboxylic acids is 2. The minimum Gasteiger partial charge on any atom is -0.504 e. The van der Waals surface area contributed by atoms with Crippen LogP contribution in [0.1, 0.15) is 65.1 Å². The van der Waals surface area contributed by atoms with E-state index in [2.05, 4.69) is 25.3 Å². The van der Waals surface area contributed by atoms with Crippen molar-refractivity contribution in [3.8, 4) is 5.75 Å². The minimum atomic E-state index is -4.60. The molecule has 12 nitrogen and oxygen atoms in total. The summed E-state index contributed by atoms with van der Waals surface area (Å²) in [6.45, 7) is 3.81. The number of aryl methyl sites for hydroxylation is 1. The van der Waals surface area contributed by atoms with Gasteiger partial charge in [-0.05, 0) is 50.3 Å². The lowest BCUT2D eigenvalue weighted by Gasteiger charge is -2.39.